The lowest BCUT2D eigenvalue weighted by Crippen LogP contribution is -2.51. The number of benzene rings is 3. The summed E-state index contributed by atoms with van der Waals surface area (Å²) in [5.74, 6) is 1.11. The Kier molecular flexibility index (Phi) is 7.84. The standard InChI is InChI=1S/C30H36N2O6S/c1-19-8-12-23(13-9-19)39(34,35)32-18-28(38-27-14-10-21(16-25(27)32)30(3,4)5)29(33)31-20(2)24-17-22(36-6)11-15-26(24)37-7/h8-17,20,28H,18H2,1-7H3,(H,31,33)/t20-,28-/m1/s1. The lowest BCUT2D eigenvalue weighted by molar-refractivity contribution is -0.128. The van der Waals surface area contributed by atoms with Crippen molar-refractivity contribution in [1.82, 2.24) is 5.32 Å². The van der Waals surface area contributed by atoms with E-state index in [0.29, 0.717) is 22.9 Å². The van der Waals surface area contributed by atoms with Crippen molar-refractivity contribution in [3.05, 3.63) is 77.4 Å². The van der Waals surface area contributed by atoms with Gasteiger partial charge in [0.25, 0.3) is 15.9 Å². The first-order valence-electron chi connectivity index (χ1n) is 12.8. The molecule has 0 saturated carbocycles. The van der Waals surface area contributed by atoms with Gasteiger partial charge in [0.2, 0.25) is 0 Å². The van der Waals surface area contributed by atoms with Gasteiger partial charge in [-0.25, -0.2) is 8.42 Å². The first kappa shape index (κ1) is 28.3. The molecule has 2 atom stereocenters. The molecule has 3 aromatic rings. The molecule has 39 heavy (non-hydrogen) atoms. The third kappa shape index (κ3) is 5.83. The minimum Gasteiger partial charge on any atom is -0.497 e. The van der Waals surface area contributed by atoms with Crippen LogP contribution in [0.15, 0.2) is 65.6 Å². The number of methoxy groups -OCH3 is 2. The van der Waals surface area contributed by atoms with Crippen molar-refractivity contribution in [3.63, 3.8) is 0 Å². The second-order valence-corrected chi connectivity index (χ2v) is 12.6. The molecule has 0 saturated heterocycles. The number of hydrogen-bond acceptors (Lipinski definition) is 6. The van der Waals surface area contributed by atoms with Gasteiger partial charge in [0, 0.05) is 5.56 Å². The van der Waals surface area contributed by atoms with Gasteiger partial charge in [0.1, 0.15) is 17.2 Å². The van der Waals surface area contributed by atoms with Gasteiger partial charge in [-0.1, -0.05) is 44.5 Å². The van der Waals surface area contributed by atoms with E-state index in [4.69, 9.17) is 14.2 Å². The average molecular weight is 553 g/mol. The van der Waals surface area contributed by atoms with Crippen LogP contribution in [0, 0.1) is 6.92 Å². The first-order valence-corrected chi connectivity index (χ1v) is 14.2. The summed E-state index contributed by atoms with van der Waals surface area (Å²) in [5.41, 5.74) is 2.82. The van der Waals surface area contributed by atoms with Crippen molar-refractivity contribution in [2.75, 3.05) is 25.1 Å². The fraction of sp³-hybridized carbons (Fsp3) is 0.367. The zero-order chi connectivity index (χ0) is 28.5. The Bertz CT molecular complexity index is 1460. The van der Waals surface area contributed by atoms with Crippen LogP contribution < -0.4 is 23.8 Å². The fourth-order valence-electron chi connectivity index (χ4n) is 4.48. The second kappa shape index (κ2) is 10.8. The Hall–Kier alpha value is -3.72. The molecule has 1 heterocycles. The lowest BCUT2D eigenvalue weighted by atomic mass is 9.86. The van der Waals surface area contributed by atoms with Gasteiger partial charge < -0.3 is 19.5 Å². The number of aryl methyl sites for hydroxylation is 1. The van der Waals surface area contributed by atoms with Crippen LogP contribution in [0.3, 0.4) is 0 Å². The zero-order valence-corrected chi connectivity index (χ0v) is 24.3. The van der Waals surface area contributed by atoms with E-state index in [9.17, 15) is 13.2 Å². The summed E-state index contributed by atoms with van der Waals surface area (Å²) in [6.07, 6.45) is -1.07. The maximum Gasteiger partial charge on any atom is 0.264 e. The van der Waals surface area contributed by atoms with Crippen molar-refractivity contribution in [3.8, 4) is 17.2 Å². The van der Waals surface area contributed by atoms with E-state index in [2.05, 4.69) is 26.1 Å². The maximum absolute atomic E-state index is 13.9. The van der Waals surface area contributed by atoms with Gasteiger partial charge >= 0.3 is 0 Å². The highest BCUT2D eigenvalue weighted by Crippen LogP contribution is 2.40. The Morgan fingerprint density at radius 1 is 1.03 bits per heavy atom. The van der Waals surface area contributed by atoms with Crippen LogP contribution in [0.4, 0.5) is 5.69 Å². The number of ether oxygens (including phenoxy) is 3. The molecule has 0 spiro atoms. The molecule has 4 rings (SSSR count). The summed E-state index contributed by atoms with van der Waals surface area (Å²) in [7, 11) is -0.862. The van der Waals surface area contributed by atoms with E-state index >= 15 is 0 Å². The van der Waals surface area contributed by atoms with Gasteiger partial charge in [0.15, 0.2) is 6.10 Å². The van der Waals surface area contributed by atoms with Crippen molar-refractivity contribution in [1.29, 1.82) is 0 Å². The Labute approximate surface area is 230 Å². The number of hydrogen-bond donors (Lipinski definition) is 1. The molecule has 1 aliphatic rings. The van der Waals surface area contributed by atoms with Crippen LogP contribution in [0.25, 0.3) is 0 Å². The number of fused-ring (bicyclic) bond motifs is 1. The van der Waals surface area contributed by atoms with Crippen molar-refractivity contribution in [2.24, 2.45) is 0 Å². The summed E-state index contributed by atoms with van der Waals surface area (Å²) in [6, 6.07) is 17.0. The number of anilines is 1. The maximum atomic E-state index is 13.9. The molecule has 3 aromatic carbocycles. The van der Waals surface area contributed by atoms with Crippen LogP contribution >= 0.6 is 0 Å². The number of rotatable bonds is 7. The largest absolute Gasteiger partial charge is 0.497 e. The SMILES string of the molecule is COc1ccc(OC)c([C@@H](C)NC(=O)[C@H]2CN(S(=O)(=O)c3ccc(C)cc3)c3cc(C(C)(C)C)ccc3O2)c1. The van der Waals surface area contributed by atoms with Gasteiger partial charge in [-0.3, -0.25) is 9.10 Å². The molecule has 1 aliphatic heterocycles. The highest BCUT2D eigenvalue weighted by molar-refractivity contribution is 7.92. The zero-order valence-electron chi connectivity index (χ0n) is 23.4. The van der Waals surface area contributed by atoms with Crippen LogP contribution in [-0.4, -0.2) is 41.2 Å². The molecular weight excluding hydrogens is 516 g/mol. The second-order valence-electron chi connectivity index (χ2n) is 10.7. The highest BCUT2D eigenvalue weighted by Gasteiger charge is 2.38. The predicted molar refractivity (Wildman–Crippen MR) is 151 cm³/mol. The van der Waals surface area contributed by atoms with E-state index in [1.807, 2.05) is 26.0 Å². The summed E-state index contributed by atoms with van der Waals surface area (Å²) >= 11 is 0. The Morgan fingerprint density at radius 2 is 1.72 bits per heavy atom. The average Bonchev–Trinajstić information content (AvgIpc) is 2.91. The van der Waals surface area contributed by atoms with Crippen LogP contribution in [0.5, 0.6) is 17.2 Å². The quantitative estimate of drug-likeness (QED) is 0.436. The van der Waals surface area contributed by atoms with Crippen molar-refractivity contribution >= 4 is 21.6 Å². The van der Waals surface area contributed by atoms with Gasteiger partial charge in [-0.15, -0.1) is 0 Å². The van der Waals surface area contributed by atoms with E-state index < -0.39 is 28.1 Å². The molecule has 208 valence electrons. The lowest BCUT2D eigenvalue weighted by Gasteiger charge is -2.36. The molecule has 0 aromatic heterocycles. The molecule has 0 fully saturated rings. The van der Waals surface area contributed by atoms with Crippen LogP contribution in [0.1, 0.15) is 50.4 Å². The monoisotopic (exact) mass is 552 g/mol. The summed E-state index contributed by atoms with van der Waals surface area (Å²) in [6.45, 7) is 9.72. The number of carbonyl (C=O) groups is 1. The van der Waals surface area contributed by atoms with E-state index in [1.165, 1.54) is 4.31 Å². The molecule has 1 N–H and O–H groups in total. The molecule has 0 unspecified atom stereocenters. The van der Waals surface area contributed by atoms with E-state index in [-0.39, 0.29) is 16.9 Å². The summed E-state index contributed by atoms with van der Waals surface area (Å²) < 4.78 is 46.0. The number of nitrogens with zero attached hydrogens (tertiary/aromatic N) is 1. The Morgan fingerprint density at radius 3 is 2.33 bits per heavy atom. The summed E-state index contributed by atoms with van der Waals surface area (Å²) in [4.78, 5) is 13.6. The van der Waals surface area contributed by atoms with Crippen molar-refractivity contribution < 1.29 is 27.4 Å². The smallest absolute Gasteiger partial charge is 0.264 e. The summed E-state index contributed by atoms with van der Waals surface area (Å²) in [5, 5.41) is 2.96. The van der Waals surface area contributed by atoms with E-state index in [1.54, 1.807) is 62.8 Å². The Balaban J connectivity index is 1.70. The van der Waals surface area contributed by atoms with Crippen LogP contribution in [0.2, 0.25) is 0 Å². The number of sulfonamides is 1. The number of nitrogens with one attached hydrogen (secondary N) is 1. The molecule has 9 heteroatoms. The molecule has 1 amide bonds. The van der Waals surface area contributed by atoms with Gasteiger partial charge in [-0.05, 0) is 67.3 Å². The fourth-order valence-corrected chi connectivity index (χ4v) is 5.95. The first-order chi connectivity index (χ1) is 18.3. The van der Waals surface area contributed by atoms with E-state index in [0.717, 1.165) is 16.7 Å². The topological polar surface area (TPSA) is 94.2 Å². The molecule has 0 aliphatic carbocycles. The van der Waals surface area contributed by atoms with Crippen molar-refractivity contribution in [2.45, 2.75) is 57.1 Å². The number of amides is 1. The number of carbonyl (C=O) groups excluding carboxylic acids is 1. The molecule has 0 bridgehead atoms. The minimum atomic E-state index is -3.98. The molecule has 0 radical (unpaired) electrons. The highest BCUT2D eigenvalue weighted by atomic mass is 32.2. The third-order valence-electron chi connectivity index (χ3n) is 6.86. The van der Waals surface area contributed by atoms with Gasteiger partial charge in [0.05, 0.1) is 37.4 Å². The predicted octanol–water partition coefficient (Wildman–Crippen LogP) is 5.14. The van der Waals surface area contributed by atoms with Gasteiger partial charge in [-0.2, -0.15) is 0 Å². The normalized spacial score (nSPS) is 16.1. The molecule has 8 nitrogen and oxygen atoms in total. The molecular formula is C30H36N2O6S. The minimum absolute atomic E-state index is 0.149. The third-order valence-corrected chi connectivity index (χ3v) is 8.65. The van der Waals surface area contributed by atoms with Crippen LogP contribution in [-0.2, 0) is 20.2 Å².